The highest BCUT2D eigenvalue weighted by Gasteiger charge is 2.17. The van der Waals surface area contributed by atoms with Gasteiger partial charge in [-0.05, 0) is 37.1 Å². The zero-order valence-corrected chi connectivity index (χ0v) is 11.1. The first-order chi connectivity index (χ1) is 9.19. The van der Waals surface area contributed by atoms with Gasteiger partial charge >= 0.3 is 5.97 Å². The maximum Gasteiger partial charge on any atom is 0.317 e. The molecule has 5 heteroatoms. The minimum atomic E-state index is -0.828. The van der Waals surface area contributed by atoms with Crippen molar-refractivity contribution in [1.29, 1.82) is 0 Å². The summed E-state index contributed by atoms with van der Waals surface area (Å²) >= 11 is 0. The Labute approximate surface area is 113 Å². The van der Waals surface area contributed by atoms with Crippen LogP contribution in [-0.4, -0.2) is 36.8 Å². The largest absolute Gasteiger partial charge is 0.486 e. The molecular formula is C14H20N2O3. The maximum atomic E-state index is 10.4. The Morgan fingerprint density at radius 3 is 3.16 bits per heavy atom. The van der Waals surface area contributed by atoms with Crippen LogP contribution in [0, 0.1) is 0 Å². The van der Waals surface area contributed by atoms with Crippen molar-refractivity contribution in [3.05, 3.63) is 23.8 Å². The monoisotopic (exact) mass is 264 g/mol. The number of anilines is 1. The number of hydrogen-bond donors (Lipinski definition) is 3. The molecule has 1 atom stereocenters. The number of nitrogens with one attached hydrogen (secondary N) is 2. The van der Waals surface area contributed by atoms with Crippen LogP contribution in [0.4, 0.5) is 5.69 Å². The molecule has 0 amide bonds. The molecule has 104 valence electrons. The Balaban J connectivity index is 1.89. The number of carboxylic acids is 1. The van der Waals surface area contributed by atoms with E-state index in [0.717, 1.165) is 30.8 Å². The van der Waals surface area contributed by atoms with Crippen molar-refractivity contribution in [2.75, 3.05) is 25.0 Å². The molecule has 1 aromatic carbocycles. The second kappa shape index (κ2) is 6.43. The molecule has 0 saturated carbocycles. The number of carboxylic acid groups (broad SMARTS) is 1. The summed E-state index contributed by atoms with van der Waals surface area (Å²) in [4.78, 5) is 10.4. The highest BCUT2D eigenvalue weighted by molar-refractivity contribution is 5.69. The minimum absolute atomic E-state index is 0.00445. The lowest BCUT2D eigenvalue weighted by Crippen LogP contribution is -2.30. The van der Waals surface area contributed by atoms with E-state index in [1.54, 1.807) is 0 Å². The molecule has 0 fully saturated rings. The highest BCUT2D eigenvalue weighted by atomic mass is 16.5. The Morgan fingerprint density at radius 1 is 1.58 bits per heavy atom. The van der Waals surface area contributed by atoms with Gasteiger partial charge in [0.1, 0.15) is 11.9 Å². The molecule has 1 aliphatic heterocycles. The van der Waals surface area contributed by atoms with Gasteiger partial charge in [-0.3, -0.25) is 4.79 Å². The lowest BCUT2D eigenvalue weighted by Gasteiger charge is -2.27. The Kier molecular flexibility index (Phi) is 4.63. The molecule has 0 radical (unpaired) electrons. The molecule has 5 nitrogen and oxygen atoms in total. The number of hydrogen-bond acceptors (Lipinski definition) is 4. The van der Waals surface area contributed by atoms with Crippen LogP contribution in [0.15, 0.2) is 18.2 Å². The summed E-state index contributed by atoms with van der Waals surface area (Å²) in [6.07, 6.45) is 2.04. The summed E-state index contributed by atoms with van der Waals surface area (Å²) in [5.41, 5.74) is 2.20. The van der Waals surface area contributed by atoms with E-state index in [9.17, 15) is 4.79 Å². The van der Waals surface area contributed by atoms with E-state index in [1.165, 1.54) is 5.56 Å². The SMILES string of the molecule is CCC1CNc2cc(CCNCC(=O)O)ccc2O1. The fraction of sp³-hybridized carbons (Fsp3) is 0.500. The van der Waals surface area contributed by atoms with Crippen molar-refractivity contribution in [2.45, 2.75) is 25.9 Å². The predicted octanol–water partition coefficient (Wildman–Crippen LogP) is 1.49. The third-order valence-electron chi connectivity index (χ3n) is 3.18. The molecule has 0 aromatic heterocycles. The summed E-state index contributed by atoms with van der Waals surface area (Å²) in [5.74, 6) is 0.0754. The predicted molar refractivity (Wildman–Crippen MR) is 73.8 cm³/mol. The number of fused-ring (bicyclic) bond motifs is 1. The topological polar surface area (TPSA) is 70.6 Å². The highest BCUT2D eigenvalue weighted by Crippen LogP contribution is 2.30. The van der Waals surface area contributed by atoms with E-state index >= 15 is 0 Å². The van der Waals surface area contributed by atoms with Gasteiger partial charge < -0.3 is 20.5 Å². The van der Waals surface area contributed by atoms with Gasteiger partial charge in [-0.1, -0.05) is 13.0 Å². The van der Waals surface area contributed by atoms with E-state index in [-0.39, 0.29) is 12.6 Å². The average Bonchev–Trinajstić information content (AvgIpc) is 2.42. The summed E-state index contributed by atoms with van der Waals surface area (Å²) in [6.45, 7) is 3.61. The maximum absolute atomic E-state index is 10.4. The van der Waals surface area contributed by atoms with Crippen molar-refractivity contribution in [1.82, 2.24) is 5.32 Å². The molecule has 3 N–H and O–H groups in total. The molecule has 1 unspecified atom stereocenters. The number of aliphatic carboxylic acids is 1. The summed E-state index contributed by atoms with van der Waals surface area (Å²) in [7, 11) is 0. The molecule has 1 aliphatic rings. The van der Waals surface area contributed by atoms with E-state index in [4.69, 9.17) is 9.84 Å². The van der Waals surface area contributed by atoms with Gasteiger partial charge in [0.05, 0.1) is 18.8 Å². The molecule has 1 heterocycles. The van der Waals surface area contributed by atoms with Crippen LogP contribution in [-0.2, 0) is 11.2 Å². The normalized spacial score (nSPS) is 17.2. The fourth-order valence-corrected chi connectivity index (χ4v) is 2.07. The first kappa shape index (κ1) is 13.7. The second-order valence-electron chi connectivity index (χ2n) is 4.68. The smallest absolute Gasteiger partial charge is 0.317 e. The van der Waals surface area contributed by atoms with Crippen molar-refractivity contribution >= 4 is 11.7 Å². The van der Waals surface area contributed by atoms with Gasteiger partial charge in [0.15, 0.2) is 0 Å². The van der Waals surface area contributed by atoms with Crippen molar-refractivity contribution in [3.63, 3.8) is 0 Å². The number of benzene rings is 1. The van der Waals surface area contributed by atoms with Crippen LogP contribution in [0.5, 0.6) is 5.75 Å². The summed E-state index contributed by atoms with van der Waals surface area (Å²) < 4.78 is 5.84. The van der Waals surface area contributed by atoms with E-state index in [2.05, 4.69) is 23.6 Å². The Hall–Kier alpha value is -1.75. The lowest BCUT2D eigenvalue weighted by molar-refractivity contribution is -0.135. The standard InChI is InChI=1S/C14H20N2O3/c1-2-11-8-16-12-7-10(3-4-13(12)19-11)5-6-15-9-14(17)18/h3-4,7,11,15-16H,2,5-6,8-9H2,1H3,(H,17,18). The quantitative estimate of drug-likeness (QED) is 0.679. The third kappa shape index (κ3) is 3.86. The van der Waals surface area contributed by atoms with Crippen molar-refractivity contribution in [2.24, 2.45) is 0 Å². The minimum Gasteiger partial charge on any atom is -0.486 e. The molecule has 0 saturated heterocycles. The van der Waals surface area contributed by atoms with Crippen LogP contribution in [0.2, 0.25) is 0 Å². The Morgan fingerprint density at radius 2 is 2.42 bits per heavy atom. The van der Waals surface area contributed by atoms with Gasteiger partial charge in [0, 0.05) is 0 Å². The summed E-state index contributed by atoms with van der Waals surface area (Å²) in [6, 6.07) is 6.08. The zero-order valence-electron chi connectivity index (χ0n) is 11.1. The van der Waals surface area contributed by atoms with Gasteiger partial charge in [0.2, 0.25) is 0 Å². The Bertz CT molecular complexity index is 448. The molecule has 19 heavy (non-hydrogen) atoms. The van der Waals surface area contributed by atoms with Crippen LogP contribution >= 0.6 is 0 Å². The average molecular weight is 264 g/mol. The van der Waals surface area contributed by atoms with Crippen molar-refractivity contribution in [3.8, 4) is 5.75 Å². The number of carbonyl (C=O) groups is 1. The molecule has 0 aliphatic carbocycles. The van der Waals surface area contributed by atoms with Crippen LogP contribution in [0.25, 0.3) is 0 Å². The molecule has 0 spiro atoms. The lowest BCUT2D eigenvalue weighted by atomic mass is 10.1. The molecule has 1 aromatic rings. The summed E-state index contributed by atoms with van der Waals surface area (Å²) in [5, 5.41) is 14.8. The number of ether oxygens (including phenoxy) is 1. The van der Waals surface area contributed by atoms with Gasteiger partial charge in [-0.15, -0.1) is 0 Å². The van der Waals surface area contributed by atoms with Gasteiger partial charge in [0.25, 0.3) is 0 Å². The van der Waals surface area contributed by atoms with Crippen molar-refractivity contribution < 1.29 is 14.6 Å². The van der Waals surface area contributed by atoms with Crippen LogP contribution < -0.4 is 15.4 Å². The molecule has 2 rings (SSSR count). The molecule has 0 bridgehead atoms. The first-order valence-electron chi connectivity index (χ1n) is 6.65. The van der Waals surface area contributed by atoms with Gasteiger partial charge in [-0.2, -0.15) is 0 Å². The second-order valence-corrected chi connectivity index (χ2v) is 4.68. The van der Waals surface area contributed by atoms with Gasteiger partial charge in [-0.25, -0.2) is 0 Å². The van der Waals surface area contributed by atoms with E-state index < -0.39 is 5.97 Å². The van der Waals surface area contributed by atoms with E-state index in [0.29, 0.717) is 6.54 Å². The first-order valence-corrected chi connectivity index (χ1v) is 6.65. The number of rotatable bonds is 6. The molecular weight excluding hydrogens is 244 g/mol. The third-order valence-corrected chi connectivity index (χ3v) is 3.18. The van der Waals surface area contributed by atoms with Crippen LogP contribution in [0.1, 0.15) is 18.9 Å². The van der Waals surface area contributed by atoms with E-state index in [1.807, 2.05) is 12.1 Å². The van der Waals surface area contributed by atoms with Crippen LogP contribution in [0.3, 0.4) is 0 Å². The fourth-order valence-electron chi connectivity index (χ4n) is 2.07. The zero-order chi connectivity index (χ0) is 13.7.